The zero-order valence-electron chi connectivity index (χ0n) is 10.1. The van der Waals surface area contributed by atoms with Crippen molar-refractivity contribution in [3.8, 4) is 0 Å². The van der Waals surface area contributed by atoms with Crippen LogP contribution in [0.5, 0.6) is 0 Å². The van der Waals surface area contributed by atoms with Gasteiger partial charge in [-0.25, -0.2) is 12.8 Å². The molecule has 0 heterocycles. The van der Waals surface area contributed by atoms with E-state index in [1.807, 2.05) is 0 Å². The molecule has 1 N–H and O–H groups in total. The van der Waals surface area contributed by atoms with Gasteiger partial charge in [-0.2, -0.15) is 0 Å². The molecule has 19 heavy (non-hydrogen) atoms. The lowest BCUT2D eigenvalue weighted by Gasteiger charge is -2.06. The number of rotatable bonds is 3. The van der Waals surface area contributed by atoms with Gasteiger partial charge in [-0.05, 0) is 48.5 Å². The molecule has 102 valence electrons. The van der Waals surface area contributed by atoms with E-state index in [0.717, 1.165) is 17.8 Å². The molecule has 0 aliphatic carbocycles. The highest BCUT2D eigenvalue weighted by Crippen LogP contribution is 2.22. The lowest BCUT2D eigenvalue weighted by Crippen LogP contribution is -2.02. The van der Waals surface area contributed by atoms with Gasteiger partial charge in [0.25, 0.3) is 0 Å². The minimum Gasteiger partial charge on any atom is -0.388 e. The Labute approximate surface area is 117 Å². The molecule has 0 aliphatic heterocycles. The second kappa shape index (κ2) is 6.04. The Morgan fingerprint density at radius 2 is 1.32 bits per heavy atom. The first-order valence-electron chi connectivity index (χ1n) is 5.32. The van der Waals surface area contributed by atoms with Gasteiger partial charge in [0.15, 0.2) is 0 Å². The molecule has 0 fully saturated rings. The van der Waals surface area contributed by atoms with Crippen LogP contribution >= 0.6 is 12.4 Å². The lowest BCUT2D eigenvalue weighted by atomic mass is 10.3. The highest BCUT2D eigenvalue weighted by molar-refractivity contribution is 7.91. The van der Waals surface area contributed by atoms with E-state index >= 15 is 0 Å². The molecule has 0 saturated heterocycles. The fourth-order valence-electron chi connectivity index (χ4n) is 1.55. The first-order valence-corrected chi connectivity index (χ1v) is 6.81. The quantitative estimate of drug-likeness (QED) is 0.886. The largest absolute Gasteiger partial charge is 0.388 e. The van der Waals surface area contributed by atoms with Crippen molar-refractivity contribution < 1.29 is 12.8 Å². The minimum atomic E-state index is -3.58. The maximum absolute atomic E-state index is 12.8. The van der Waals surface area contributed by atoms with Gasteiger partial charge < -0.3 is 5.32 Å². The Morgan fingerprint density at radius 3 is 1.74 bits per heavy atom. The van der Waals surface area contributed by atoms with Crippen LogP contribution < -0.4 is 5.32 Å². The molecule has 0 bridgehead atoms. The fraction of sp³-hybridized carbons (Fsp3) is 0.0769. The average Bonchev–Trinajstić information content (AvgIpc) is 2.39. The summed E-state index contributed by atoms with van der Waals surface area (Å²) in [5.41, 5.74) is 0.827. The molecule has 0 saturated carbocycles. The van der Waals surface area contributed by atoms with E-state index in [0.29, 0.717) is 0 Å². The van der Waals surface area contributed by atoms with Gasteiger partial charge in [-0.3, -0.25) is 0 Å². The maximum atomic E-state index is 12.8. The number of anilines is 1. The molecular formula is C13H13ClFNO2S. The van der Waals surface area contributed by atoms with Crippen LogP contribution in [0.4, 0.5) is 10.1 Å². The number of sulfone groups is 1. The van der Waals surface area contributed by atoms with Crippen molar-refractivity contribution >= 4 is 27.9 Å². The van der Waals surface area contributed by atoms with Crippen molar-refractivity contribution in [2.24, 2.45) is 0 Å². The lowest BCUT2D eigenvalue weighted by molar-refractivity contribution is 0.595. The van der Waals surface area contributed by atoms with Gasteiger partial charge >= 0.3 is 0 Å². The van der Waals surface area contributed by atoms with Crippen molar-refractivity contribution in [3.05, 3.63) is 54.3 Å². The summed E-state index contributed by atoms with van der Waals surface area (Å²) < 4.78 is 37.2. The third kappa shape index (κ3) is 3.24. The summed E-state index contributed by atoms with van der Waals surface area (Å²) in [6.07, 6.45) is 0. The third-order valence-corrected chi connectivity index (χ3v) is 4.36. The van der Waals surface area contributed by atoms with E-state index in [-0.39, 0.29) is 22.2 Å². The smallest absolute Gasteiger partial charge is 0.206 e. The normalized spacial score (nSPS) is 10.6. The first kappa shape index (κ1) is 15.5. The predicted molar refractivity (Wildman–Crippen MR) is 75.1 cm³/mol. The molecule has 0 amide bonds. The molecule has 2 aromatic carbocycles. The number of halogens is 2. The van der Waals surface area contributed by atoms with Crippen LogP contribution in [0.25, 0.3) is 0 Å². The molecule has 3 nitrogen and oxygen atoms in total. The van der Waals surface area contributed by atoms with Crippen molar-refractivity contribution in [1.29, 1.82) is 0 Å². The van der Waals surface area contributed by atoms with E-state index in [2.05, 4.69) is 5.32 Å². The summed E-state index contributed by atoms with van der Waals surface area (Å²) >= 11 is 0. The van der Waals surface area contributed by atoms with Crippen LogP contribution in [-0.2, 0) is 9.84 Å². The summed E-state index contributed by atoms with van der Waals surface area (Å²) in [6.45, 7) is 0. The van der Waals surface area contributed by atoms with Crippen molar-refractivity contribution in [1.82, 2.24) is 0 Å². The fourth-order valence-corrected chi connectivity index (χ4v) is 2.81. The van der Waals surface area contributed by atoms with Crippen LogP contribution in [0.1, 0.15) is 0 Å². The number of nitrogens with one attached hydrogen (secondary N) is 1. The number of hydrogen-bond acceptors (Lipinski definition) is 3. The van der Waals surface area contributed by atoms with Crippen LogP contribution in [0.15, 0.2) is 58.3 Å². The van der Waals surface area contributed by atoms with Crippen molar-refractivity contribution in [2.75, 3.05) is 12.4 Å². The molecule has 2 rings (SSSR count). The summed E-state index contributed by atoms with van der Waals surface area (Å²) in [5.74, 6) is -0.459. The Hall–Kier alpha value is -1.59. The van der Waals surface area contributed by atoms with Crippen LogP contribution in [0.2, 0.25) is 0 Å². The molecule has 0 atom stereocenters. The first-order chi connectivity index (χ1) is 8.54. The Balaban J connectivity index is 0.00000180. The Morgan fingerprint density at radius 1 is 0.895 bits per heavy atom. The molecule has 2 aromatic rings. The average molecular weight is 302 g/mol. The SMILES string of the molecule is CNc1ccc(S(=O)(=O)c2ccc(F)cc2)cc1.Cl. The predicted octanol–water partition coefficient (Wildman–Crippen LogP) is 3.12. The van der Waals surface area contributed by atoms with Gasteiger partial charge in [0.05, 0.1) is 9.79 Å². The topological polar surface area (TPSA) is 46.2 Å². The Bertz CT molecular complexity index is 639. The monoisotopic (exact) mass is 301 g/mol. The minimum absolute atomic E-state index is 0. The van der Waals surface area contributed by atoms with E-state index in [4.69, 9.17) is 0 Å². The summed E-state index contributed by atoms with van der Waals surface area (Å²) in [7, 11) is -1.82. The van der Waals surface area contributed by atoms with Crippen LogP contribution in [0.3, 0.4) is 0 Å². The standard InChI is InChI=1S/C13H12FNO2S.ClH/c1-15-11-4-8-13(9-5-11)18(16,17)12-6-2-10(14)3-7-12;/h2-9,15H,1H3;1H. The van der Waals surface area contributed by atoms with Crippen LogP contribution in [-0.4, -0.2) is 15.5 Å². The van der Waals surface area contributed by atoms with E-state index in [9.17, 15) is 12.8 Å². The molecule has 0 aromatic heterocycles. The van der Waals surface area contributed by atoms with Gasteiger partial charge in [-0.1, -0.05) is 0 Å². The summed E-state index contributed by atoms with van der Waals surface area (Å²) in [6, 6.07) is 11.2. The summed E-state index contributed by atoms with van der Waals surface area (Å²) in [4.78, 5) is 0.272. The molecule has 6 heteroatoms. The van der Waals surface area contributed by atoms with Crippen LogP contribution in [0, 0.1) is 5.82 Å². The molecule has 0 spiro atoms. The highest BCUT2D eigenvalue weighted by Gasteiger charge is 2.17. The van der Waals surface area contributed by atoms with Gasteiger partial charge in [0.1, 0.15) is 5.82 Å². The van der Waals surface area contributed by atoms with Crippen molar-refractivity contribution in [2.45, 2.75) is 9.79 Å². The molecule has 0 unspecified atom stereocenters. The van der Waals surface area contributed by atoms with Gasteiger partial charge in [0, 0.05) is 12.7 Å². The third-order valence-electron chi connectivity index (χ3n) is 2.58. The van der Waals surface area contributed by atoms with Crippen molar-refractivity contribution in [3.63, 3.8) is 0 Å². The number of hydrogen-bond donors (Lipinski definition) is 1. The molecule has 0 aliphatic rings. The van der Waals surface area contributed by atoms with Gasteiger partial charge in [0.2, 0.25) is 9.84 Å². The van der Waals surface area contributed by atoms with Gasteiger partial charge in [-0.15, -0.1) is 12.4 Å². The second-order valence-electron chi connectivity index (χ2n) is 3.73. The number of benzene rings is 2. The summed E-state index contributed by atoms with van der Waals surface area (Å²) in [5, 5.41) is 2.91. The zero-order valence-corrected chi connectivity index (χ0v) is 11.8. The maximum Gasteiger partial charge on any atom is 0.206 e. The van der Waals surface area contributed by atoms with E-state index in [1.54, 1.807) is 19.2 Å². The van der Waals surface area contributed by atoms with E-state index < -0.39 is 15.7 Å². The van der Waals surface area contributed by atoms with E-state index in [1.165, 1.54) is 24.3 Å². The highest BCUT2D eigenvalue weighted by atomic mass is 35.5. The molecule has 0 radical (unpaired) electrons. The zero-order chi connectivity index (χ0) is 13.2. The molecular weight excluding hydrogens is 289 g/mol. The second-order valence-corrected chi connectivity index (χ2v) is 5.68. The Kier molecular flexibility index (Phi) is 4.91.